The van der Waals surface area contributed by atoms with Crippen LogP contribution in [0.15, 0.2) is 23.2 Å². The molecule has 0 aliphatic carbocycles. The summed E-state index contributed by atoms with van der Waals surface area (Å²) < 4.78 is 2.50. The van der Waals surface area contributed by atoms with E-state index in [0.29, 0.717) is 0 Å². The van der Waals surface area contributed by atoms with Crippen molar-refractivity contribution in [2.24, 2.45) is 0 Å². The third kappa shape index (κ3) is 0.706. The fourth-order valence-corrected chi connectivity index (χ4v) is 1.13. The van der Waals surface area contributed by atoms with Crippen LogP contribution >= 0.6 is 15.9 Å². The van der Waals surface area contributed by atoms with Gasteiger partial charge in [0.1, 0.15) is 11.8 Å². The lowest BCUT2D eigenvalue weighted by atomic mass is 10.5. The number of nitrogens with zero attached hydrogens (tertiary/aromatic N) is 4. The standard InChI is InChI=1S/C5H3BrN4/c6-4-1-7-3-10-5(4)2-8-9-10/h1-3H. The summed E-state index contributed by atoms with van der Waals surface area (Å²) in [5.41, 5.74) is 0.926. The summed E-state index contributed by atoms with van der Waals surface area (Å²) in [4.78, 5) is 3.90. The Morgan fingerprint density at radius 3 is 3.10 bits per heavy atom. The van der Waals surface area contributed by atoms with Gasteiger partial charge in [-0.1, -0.05) is 5.21 Å². The summed E-state index contributed by atoms with van der Waals surface area (Å²) in [7, 11) is 0. The van der Waals surface area contributed by atoms with Crippen LogP contribution in [0.25, 0.3) is 5.52 Å². The van der Waals surface area contributed by atoms with Gasteiger partial charge in [0.15, 0.2) is 0 Å². The van der Waals surface area contributed by atoms with E-state index >= 15 is 0 Å². The highest BCUT2D eigenvalue weighted by Crippen LogP contribution is 2.13. The van der Waals surface area contributed by atoms with Crippen LogP contribution in [0.2, 0.25) is 0 Å². The minimum Gasteiger partial charge on any atom is -0.243 e. The molecule has 0 amide bonds. The van der Waals surface area contributed by atoms with E-state index in [9.17, 15) is 0 Å². The number of fused-ring (bicyclic) bond motifs is 1. The first-order chi connectivity index (χ1) is 4.88. The van der Waals surface area contributed by atoms with Gasteiger partial charge < -0.3 is 0 Å². The summed E-state index contributed by atoms with van der Waals surface area (Å²) in [5.74, 6) is 0. The van der Waals surface area contributed by atoms with Crippen molar-refractivity contribution in [1.82, 2.24) is 19.8 Å². The molecule has 2 aromatic rings. The molecular weight excluding hydrogens is 196 g/mol. The Balaban J connectivity index is 2.95. The molecule has 0 saturated heterocycles. The van der Waals surface area contributed by atoms with Gasteiger partial charge in [-0.05, 0) is 15.9 Å². The maximum Gasteiger partial charge on any atom is 0.119 e. The van der Waals surface area contributed by atoms with Gasteiger partial charge in [0.25, 0.3) is 0 Å². The second-order valence-electron chi connectivity index (χ2n) is 1.81. The second kappa shape index (κ2) is 2.02. The lowest BCUT2D eigenvalue weighted by Crippen LogP contribution is -1.88. The second-order valence-corrected chi connectivity index (χ2v) is 2.66. The van der Waals surface area contributed by atoms with Crippen molar-refractivity contribution < 1.29 is 0 Å². The molecule has 0 fully saturated rings. The van der Waals surface area contributed by atoms with Crippen molar-refractivity contribution in [2.45, 2.75) is 0 Å². The van der Waals surface area contributed by atoms with E-state index in [0.717, 1.165) is 9.99 Å². The summed E-state index contributed by atoms with van der Waals surface area (Å²) in [5, 5.41) is 7.46. The predicted octanol–water partition coefficient (Wildman–Crippen LogP) is 0.887. The highest BCUT2D eigenvalue weighted by molar-refractivity contribution is 9.10. The van der Waals surface area contributed by atoms with Crippen molar-refractivity contribution in [2.75, 3.05) is 0 Å². The van der Waals surface area contributed by atoms with E-state index in [4.69, 9.17) is 0 Å². The lowest BCUT2D eigenvalue weighted by Gasteiger charge is -1.89. The minimum atomic E-state index is 0.903. The monoisotopic (exact) mass is 198 g/mol. The van der Waals surface area contributed by atoms with Crippen molar-refractivity contribution in [3.63, 3.8) is 0 Å². The molecule has 5 heteroatoms. The third-order valence-corrected chi connectivity index (χ3v) is 1.79. The average Bonchev–Trinajstić information content (AvgIpc) is 2.36. The maximum absolute atomic E-state index is 3.90. The first-order valence-electron chi connectivity index (χ1n) is 2.67. The summed E-state index contributed by atoms with van der Waals surface area (Å²) >= 11 is 3.31. The smallest absolute Gasteiger partial charge is 0.119 e. The van der Waals surface area contributed by atoms with Gasteiger partial charge in [-0.25, -0.2) is 9.50 Å². The molecule has 0 radical (unpaired) electrons. The van der Waals surface area contributed by atoms with Crippen LogP contribution in [-0.2, 0) is 0 Å². The first-order valence-corrected chi connectivity index (χ1v) is 3.47. The Kier molecular flexibility index (Phi) is 1.17. The van der Waals surface area contributed by atoms with Gasteiger partial charge in [0.2, 0.25) is 0 Å². The SMILES string of the molecule is Brc1cncn2nncc12. The molecule has 10 heavy (non-hydrogen) atoms. The third-order valence-electron chi connectivity index (χ3n) is 1.18. The van der Waals surface area contributed by atoms with Gasteiger partial charge in [0, 0.05) is 6.20 Å². The average molecular weight is 199 g/mol. The molecule has 0 aliphatic heterocycles. The van der Waals surface area contributed by atoms with E-state index in [1.807, 2.05) is 0 Å². The van der Waals surface area contributed by atoms with Gasteiger partial charge >= 0.3 is 0 Å². The molecule has 0 aromatic carbocycles. The maximum atomic E-state index is 3.90. The van der Waals surface area contributed by atoms with Gasteiger partial charge in [-0.2, -0.15) is 0 Å². The highest BCUT2D eigenvalue weighted by atomic mass is 79.9. The van der Waals surface area contributed by atoms with Gasteiger partial charge in [-0.15, -0.1) is 5.10 Å². The van der Waals surface area contributed by atoms with Gasteiger partial charge in [-0.3, -0.25) is 0 Å². The molecule has 50 valence electrons. The number of aromatic nitrogens is 4. The highest BCUT2D eigenvalue weighted by Gasteiger charge is 1.97. The van der Waals surface area contributed by atoms with Crippen LogP contribution in [-0.4, -0.2) is 19.8 Å². The Hall–Kier alpha value is -0.970. The quantitative estimate of drug-likeness (QED) is 0.632. The van der Waals surface area contributed by atoms with Crippen molar-refractivity contribution in [1.29, 1.82) is 0 Å². The molecule has 2 heterocycles. The van der Waals surface area contributed by atoms with E-state index in [-0.39, 0.29) is 0 Å². The van der Waals surface area contributed by atoms with Crippen LogP contribution in [0.3, 0.4) is 0 Å². The summed E-state index contributed by atoms with van der Waals surface area (Å²) in [6.45, 7) is 0. The van der Waals surface area contributed by atoms with Crippen LogP contribution in [0.5, 0.6) is 0 Å². The zero-order chi connectivity index (χ0) is 6.97. The Morgan fingerprint density at radius 1 is 1.40 bits per heavy atom. The molecule has 0 aliphatic rings. The molecule has 0 atom stereocenters. The van der Waals surface area contributed by atoms with Crippen LogP contribution < -0.4 is 0 Å². The molecule has 0 spiro atoms. The molecule has 0 N–H and O–H groups in total. The van der Waals surface area contributed by atoms with E-state index in [1.54, 1.807) is 23.2 Å². The largest absolute Gasteiger partial charge is 0.243 e. The van der Waals surface area contributed by atoms with E-state index in [1.165, 1.54) is 0 Å². The van der Waals surface area contributed by atoms with Crippen LogP contribution in [0.1, 0.15) is 0 Å². The number of rotatable bonds is 0. The van der Waals surface area contributed by atoms with Gasteiger partial charge in [0.05, 0.1) is 10.7 Å². The Morgan fingerprint density at radius 2 is 2.30 bits per heavy atom. The minimum absolute atomic E-state index is 0.903. The Bertz CT molecular complexity index is 355. The molecule has 0 bridgehead atoms. The van der Waals surface area contributed by atoms with E-state index < -0.39 is 0 Å². The van der Waals surface area contributed by atoms with E-state index in [2.05, 4.69) is 31.2 Å². The fraction of sp³-hybridized carbons (Fsp3) is 0. The molecule has 4 nitrogen and oxygen atoms in total. The normalized spacial score (nSPS) is 10.5. The predicted molar refractivity (Wildman–Crippen MR) is 38.5 cm³/mol. The number of hydrogen-bond donors (Lipinski definition) is 0. The van der Waals surface area contributed by atoms with Crippen molar-refractivity contribution in [3.05, 3.63) is 23.2 Å². The molecule has 0 saturated carbocycles. The topological polar surface area (TPSA) is 43.1 Å². The number of hydrogen-bond acceptors (Lipinski definition) is 3. The fourth-order valence-electron chi connectivity index (χ4n) is 0.728. The zero-order valence-electron chi connectivity index (χ0n) is 4.90. The number of halogens is 1. The zero-order valence-corrected chi connectivity index (χ0v) is 6.48. The Labute approximate surface area is 65.0 Å². The summed E-state index contributed by atoms with van der Waals surface area (Å²) in [6, 6.07) is 0. The van der Waals surface area contributed by atoms with Crippen molar-refractivity contribution >= 4 is 21.4 Å². The van der Waals surface area contributed by atoms with Crippen LogP contribution in [0, 0.1) is 0 Å². The first kappa shape index (κ1) is 5.79. The van der Waals surface area contributed by atoms with Crippen molar-refractivity contribution in [3.8, 4) is 0 Å². The molecule has 0 unspecified atom stereocenters. The molecular formula is C5H3BrN4. The lowest BCUT2D eigenvalue weighted by molar-refractivity contribution is 0.833. The molecule has 2 rings (SSSR count). The van der Waals surface area contributed by atoms with Crippen LogP contribution in [0.4, 0.5) is 0 Å². The summed E-state index contributed by atoms with van der Waals surface area (Å²) in [6.07, 6.45) is 4.98. The molecule has 2 aromatic heterocycles.